The fraction of sp³-hybridized carbons (Fsp3) is 0.158. The van der Waals surface area contributed by atoms with E-state index in [1.165, 1.54) is 5.48 Å². The lowest BCUT2D eigenvalue weighted by Gasteiger charge is -2.13. The Morgan fingerprint density at radius 1 is 1.00 bits per heavy atom. The molecule has 2 N–H and O–H groups in total. The number of benzene rings is 2. The summed E-state index contributed by atoms with van der Waals surface area (Å²) in [6, 6.07) is -5.23. The molecule has 1 aliphatic heterocycles. The Bertz CT molecular complexity index is 1310. The van der Waals surface area contributed by atoms with Crippen LogP contribution >= 0.6 is 0 Å². The Hall–Kier alpha value is -3.24. The first kappa shape index (κ1) is 12.3. The summed E-state index contributed by atoms with van der Waals surface area (Å²) in [6.07, 6.45) is 0. The molecule has 0 atom stereocenters. The molecular weight excluding hydrogens is 396 g/mol. The van der Waals surface area contributed by atoms with Crippen molar-refractivity contribution in [2.45, 2.75) is 0 Å². The molecule has 0 saturated carbocycles. The fourth-order valence-corrected chi connectivity index (χ4v) is 2.47. The van der Waals surface area contributed by atoms with Crippen LogP contribution < -0.4 is 10.8 Å². The van der Waals surface area contributed by atoms with Crippen LogP contribution in [-0.2, 0) is 19.2 Å². The van der Waals surface area contributed by atoms with Crippen molar-refractivity contribution in [1.82, 2.24) is 5.48 Å². The molecule has 1 aliphatic rings. The van der Waals surface area contributed by atoms with E-state index in [-0.39, 0.29) is 0 Å². The van der Waals surface area contributed by atoms with Gasteiger partial charge in [-0.15, -0.1) is 0 Å². The van der Waals surface area contributed by atoms with E-state index in [0.717, 1.165) is 0 Å². The molecule has 2 aromatic rings. The molecule has 0 aliphatic carbocycles. The molecule has 2 amide bonds. The number of hydrogen-bond acceptors (Lipinski definition) is 4. The zero-order valence-electron chi connectivity index (χ0n) is 22.1. The van der Waals surface area contributed by atoms with Gasteiger partial charge in [0.2, 0.25) is 0 Å². The van der Waals surface area contributed by atoms with Crippen LogP contribution in [0.1, 0.15) is 11.0 Å². The van der Waals surface area contributed by atoms with Crippen molar-refractivity contribution in [2.24, 2.45) is 0 Å². The lowest BCUT2D eigenvalue weighted by Crippen LogP contribution is -2.27. The van der Waals surface area contributed by atoms with Crippen LogP contribution in [0.2, 0.25) is 0 Å². The van der Waals surface area contributed by atoms with E-state index in [2.05, 4.69) is 4.84 Å². The number of carbonyl (C=O) groups excluding carboxylic acids is 2. The number of amides is 2. The van der Waals surface area contributed by atoms with E-state index in [0.29, 0.717) is 0 Å². The van der Waals surface area contributed by atoms with Crippen LogP contribution in [0.3, 0.4) is 0 Å². The van der Waals surface area contributed by atoms with Gasteiger partial charge in [-0.3, -0.25) is 14.4 Å². The van der Waals surface area contributed by atoms with Gasteiger partial charge in [0.1, 0.15) is 5.69 Å². The zero-order chi connectivity index (χ0) is 28.0. The van der Waals surface area contributed by atoms with E-state index in [4.69, 9.17) is 15.7 Å². The first-order valence-electron chi connectivity index (χ1n) is 11.6. The minimum Gasteiger partial charge on any atom is -0.372 e. The molecule has 0 unspecified atom stereocenters. The monoisotopic (exact) mass is 418 g/mol. The molecule has 0 spiro atoms. The van der Waals surface area contributed by atoms with Gasteiger partial charge in [-0.05, 0) is 5.56 Å². The van der Waals surface area contributed by atoms with Crippen LogP contribution in [0.5, 0.6) is 0 Å². The van der Waals surface area contributed by atoms with Gasteiger partial charge in [0.25, 0.3) is 11.8 Å². The van der Waals surface area contributed by atoms with Gasteiger partial charge in [-0.1, -0.05) is 30.2 Å². The minimum atomic E-state index is -3.04. The average Bonchev–Trinajstić information content (AvgIpc) is 3.33. The molecule has 0 aromatic heterocycles. The number of hydrogen-bond donors (Lipinski definition) is 2. The first-order valence-corrected chi connectivity index (χ1v) is 7.61. The van der Waals surface area contributed by atoms with Gasteiger partial charge in [0.05, 0.1) is 47.9 Å². The molecule has 6 nitrogen and oxygen atoms in total. The summed E-state index contributed by atoms with van der Waals surface area (Å²) in [7, 11) is -3.04. The SMILES string of the molecule is [2H]c1c([2H])c([2H])c(-c2c(F)c(F)c(NC(=O)C3=C(C(=O)NOC([2H])([2H])[2H])COC3)c(F)c2F)c([2H])c1[2H]. The maximum Gasteiger partial charge on any atom is 0.273 e. The summed E-state index contributed by atoms with van der Waals surface area (Å²) in [5, 5.41) is 1.56. The maximum absolute atomic E-state index is 14.9. The van der Waals surface area contributed by atoms with Crippen molar-refractivity contribution in [1.29, 1.82) is 0 Å². The topological polar surface area (TPSA) is 76.7 Å². The van der Waals surface area contributed by atoms with E-state index >= 15 is 0 Å². The molecule has 2 aromatic carbocycles. The van der Waals surface area contributed by atoms with Crippen molar-refractivity contribution in [3.05, 3.63) is 64.6 Å². The molecular formula is C19H14F4N2O4. The number of nitrogens with one attached hydrogen (secondary N) is 2. The molecule has 0 saturated heterocycles. The van der Waals surface area contributed by atoms with E-state index in [1.54, 1.807) is 5.32 Å². The second-order valence-corrected chi connectivity index (χ2v) is 5.44. The number of halogens is 4. The highest BCUT2D eigenvalue weighted by Gasteiger charge is 2.31. The summed E-state index contributed by atoms with van der Waals surface area (Å²) in [5.41, 5.74) is -3.93. The molecule has 0 radical (unpaired) electrons. The largest absolute Gasteiger partial charge is 0.372 e. The quantitative estimate of drug-likeness (QED) is 0.445. The minimum absolute atomic E-state index is 0.501. The molecule has 29 heavy (non-hydrogen) atoms. The summed E-state index contributed by atoms with van der Waals surface area (Å²) in [4.78, 5) is 28.8. The van der Waals surface area contributed by atoms with Crippen LogP contribution in [0, 0.1) is 23.3 Å². The van der Waals surface area contributed by atoms with Crippen molar-refractivity contribution in [3.8, 4) is 11.1 Å². The lowest BCUT2D eigenvalue weighted by molar-refractivity contribution is -0.127. The Kier molecular flexibility index (Phi) is 3.58. The summed E-state index contributed by atoms with van der Waals surface area (Å²) >= 11 is 0. The highest BCUT2D eigenvalue weighted by molar-refractivity contribution is 6.10. The van der Waals surface area contributed by atoms with Crippen LogP contribution in [0.25, 0.3) is 11.1 Å². The average molecular weight is 418 g/mol. The van der Waals surface area contributed by atoms with Crippen LogP contribution in [-0.4, -0.2) is 32.1 Å². The van der Waals surface area contributed by atoms with Gasteiger partial charge in [0, 0.05) is 0 Å². The smallest absolute Gasteiger partial charge is 0.273 e. The van der Waals surface area contributed by atoms with Gasteiger partial charge in [-0.25, -0.2) is 23.0 Å². The molecule has 3 rings (SSSR count). The van der Waals surface area contributed by atoms with E-state index < -0.39 is 114 Å². The number of rotatable bonds is 5. The van der Waals surface area contributed by atoms with Gasteiger partial charge < -0.3 is 10.1 Å². The molecule has 10 heteroatoms. The Labute approximate surface area is 173 Å². The van der Waals surface area contributed by atoms with E-state index in [9.17, 15) is 27.2 Å². The Morgan fingerprint density at radius 3 is 2.17 bits per heavy atom. The van der Waals surface area contributed by atoms with Crippen molar-refractivity contribution >= 4 is 17.5 Å². The molecule has 152 valence electrons. The number of ether oxygens (including phenoxy) is 1. The maximum atomic E-state index is 14.9. The fourth-order valence-electron chi connectivity index (χ4n) is 2.47. The lowest BCUT2D eigenvalue weighted by atomic mass is 10.0. The second kappa shape index (κ2) is 8.41. The highest BCUT2D eigenvalue weighted by Crippen LogP contribution is 2.34. The Morgan fingerprint density at radius 2 is 1.59 bits per heavy atom. The standard InChI is InChI=1S/C19H14F4N2O4/c1-28-25-19(27)11-8-29-7-10(11)18(26)24-17-15(22)13(20)12(14(21)16(17)23)9-5-3-2-4-6-9/h2-6H,7-8H2,1H3,(H,24,26)(H,25,27)/i1D3,2D,3D,4D,5D,6D. The first-order chi connectivity index (χ1) is 17.1. The van der Waals surface area contributed by atoms with Crippen LogP contribution in [0.4, 0.5) is 23.2 Å². The third kappa shape index (κ3) is 3.84. The number of carbonyl (C=O) groups is 2. The summed E-state index contributed by atoms with van der Waals surface area (Å²) < 4.78 is 123. The van der Waals surface area contributed by atoms with Gasteiger partial charge >= 0.3 is 0 Å². The third-order valence-corrected chi connectivity index (χ3v) is 3.80. The van der Waals surface area contributed by atoms with Crippen LogP contribution in [0.15, 0.2) is 41.4 Å². The molecule has 0 fully saturated rings. The summed E-state index contributed by atoms with van der Waals surface area (Å²) in [6.45, 7) is -1.14. The van der Waals surface area contributed by atoms with Crippen molar-refractivity contribution < 1.29 is 47.7 Å². The van der Waals surface area contributed by atoms with E-state index in [1.807, 2.05) is 0 Å². The normalized spacial score (nSPS) is 17.9. The predicted molar refractivity (Wildman–Crippen MR) is 93.3 cm³/mol. The zero-order valence-corrected chi connectivity index (χ0v) is 14.1. The highest BCUT2D eigenvalue weighted by atomic mass is 19.2. The third-order valence-electron chi connectivity index (χ3n) is 3.80. The summed E-state index contributed by atoms with van der Waals surface area (Å²) in [5.74, 6) is -11.4. The number of hydroxylamine groups is 1. The number of anilines is 1. The van der Waals surface area contributed by atoms with Gasteiger partial charge in [-0.2, -0.15) is 0 Å². The van der Waals surface area contributed by atoms with Crippen molar-refractivity contribution in [3.63, 3.8) is 0 Å². The van der Waals surface area contributed by atoms with Crippen molar-refractivity contribution in [2.75, 3.05) is 25.6 Å². The second-order valence-electron chi connectivity index (χ2n) is 5.44. The predicted octanol–water partition coefficient (Wildman–Crippen LogP) is 2.85. The molecule has 0 bridgehead atoms. The Balaban J connectivity index is 2.05. The van der Waals surface area contributed by atoms with Gasteiger partial charge in [0.15, 0.2) is 23.3 Å². The molecule has 1 heterocycles.